The van der Waals surface area contributed by atoms with Crippen LogP contribution >= 0.6 is 0 Å². The van der Waals surface area contributed by atoms with Gasteiger partial charge in [-0.15, -0.1) is 0 Å². The van der Waals surface area contributed by atoms with E-state index < -0.39 is 35.4 Å². The number of hydrogen-bond acceptors (Lipinski definition) is 6. The van der Waals surface area contributed by atoms with Crippen LogP contribution in [0.15, 0.2) is 0 Å². The van der Waals surface area contributed by atoms with Gasteiger partial charge in [0.05, 0.1) is 30.0 Å². The lowest BCUT2D eigenvalue weighted by Gasteiger charge is -2.65. The second-order valence-electron chi connectivity index (χ2n) is 13.0. The molecule has 0 radical (unpaired) electrons. The van der Waals surface area contributed by atoms with Gasteiger partial charge in [-0.1, -0.05) is 40.5 Å². The predicted octanol–water partition coefficient (Wildman–Crippen LogP) is 2.47. The van der Waals surface area contributed by atoms with Crippen molar-refractivity contribution in [3.8, 4) is 0 Å². The van der Waals surface area contributed by atoms with Crippen LogP contribution in [0.2, 0.25) is 0 Å². The third-order valence-electron chi connectivity index (χ3n) is 11.3. The van der Waals surface area contributed by atoms with Gasteiger partial charge in [0.1, 0.15) is 0 Å². The number of fused-ring (bicyclic) bond motifs is 5. The Hall–Kier alpha value is -0.240. The van der Waals surface area contributed by atoms with Gasteiger partial charge in [0.25, 0.3) is 0 Å². The van der Waals surface area contributed by atoms with Gasteiger partial charge in [-0.25, -0.2) is 0 Å². The number of aliphatic hydroxyl groups excluding tert-OH is 5. The summed E-state index contributed by atoms with van der Waals surface area (Å²) >= 11 is 0. The molecule has 6 N–H and O–H groups in total. The fraction of sp³-hybridized carbons (Fsp3) is 1.00. The summed E-state index contributed by atoms with van der Waals surface area (Å²) in [5.74, 6) is 0.665. The molecule has 0 spiro atoms. The van der Waals surface area contributed by atoms with Crippen LogP contribution in [0, 0.1) is 46.3 Å². The highest BCUT2D eigenvalue weighted by atomic mass is 16.3. The van der Waals surface area contributed by atoms with Crippen LogP contribution in [0.1, 0.15) is 85.5 Å². The summed E-state index contributed by atoms with van der Waals surface area (Å²) in [6.45, 7) is 8.78. The molecule has 0 saturated heterocycles. The van der Waals surface area contributed by atoms with Crippen LogP contribution in [0.4, 0.5) is 0 Å². The first-order valence-electron chi connectivity index (χ1n) is 13.5. The molecule has 4 fully saturated rings. The van der Waals surface area contributed by atoms with Crippen LogP contribution in [-0.2, 0) is 0 Å². The molecule has 4 aliphatic carbocycles. The first kappa shape index (κ1) is 25.8. The molecule has 0 bridgehead atoms. The summed E-state index contributed by atoms with van der Waals surface area (Å²) in [6.07, 6.45) is 3.59. The van der Waals surface area contributed by atoms with E-state index in [0.717, 1.165) is 32.1 Å². The van der Waals surface area contributed by atoms with E-state index in [1.807, 2.05) is 0 Å². The first-order valence-corrected chi connectivity index (χ1v) is 13.5. The van der Waals surface area contributed by atoms with Gasteiger partial charge in [0, 0.05) is 18.4 Å². The zero-order chi connectivity index (χ0) is 24.3. The summed E-state index contributed by atoms with van der Waals surface area (Å²) < 4.78 is 0. The summed E-state index contributed by atoms with van der Waals surface area (Å²) in [7, 11) is 0. The Labute approximate surface area is 199 Å². The fourth-order valence-corrected chi connectivity index (χ4v) is 9.43. The molecule has 0 heterocycles. The zero-order valence-electron chi connectivity index (χ0n) is 21.0. The van der Waals surface area contributed by atoms with Gasteiger partial charge in [-0.05, 0) is 79.4 Å². The minimum absolute atomic E-state index is 0.00169. The summed E-state index contributed by atoms with van der Waals surface area (Å²) in [5.41, 5.74) is -2.00. The summed E-state index contributed by atoms with van der Waals surface area (Å²) in [5, 5.41) is 65.0. The van der Waals surface area contributed by atoms with Gasteiger partial charge in [0.15, 0.2) is 0 Å². The minimum Gasteiger partial charge on any atom is -0.396 e. The van der Waals surface area contributed by atoms with Gasteiger partial charge in [-0.2, -0.15) is 0 Å². The smallest absolute Gasteiger partial charge is 0.0985 e. The van der Waals surface area contributed by atoms with Gasteiger partial charge < -0.3 is 30.6 Å². The molecule has 6 heteroatoms. The molecule has 4 aliphatic rings. The lowest BCUT2D eigenvalue weighted by Crippen LogP contribution is -2.69. The topological polar surface area (TPSA) is 121 Å². The number of hydrogen-bond donors (Lipinski definition) is 6. The van der Waals surface area contributed by atoms with Crippen LogP contribution in [0.5, 0.6) is 0 Å². The molecule has 6 nitrogen and oxygen atoms in total. The average molecular weight is 469 g/mol. The van der Waals surface area contributed by atoms with Gasteiger partial charge >= 0.3 is 0 Å². The first-order chi connectivity index (χ1) is 15.4. The highest BCUT2D eigenvalue weighted by Gasteiger charge is 2.70. The third-order valence-corrected chi connectivity index (χ3v) is 11.3. The second kappa shape index (κ2) is 9.01. The normalized spacial score (nSPS) is 53.6. The Morgan fingerprint density at radius 1 is 0.939 bits per heavy atom. The zero-order valence-corrected chi connectivity index (χ0v) is 21.0. The van der Waals surface area contributed by atoms with Gasteiger partial charge in [-0.3, -0.25) is 0 Å². The molecule has 0 aliphatic heterocycles. The molecule has 13 atom stereocenters. The van der Waals surface area contributed by atoms with Crippen molar-refractivity contribution in [2.75, 3.05) is 6.61 Å². The quantitative estimate of drug-likeness (QED) is 0.356. The summed E-state index contributed by atoms with van der Waals surface area (Å²) in [6, 6.07) is 0. The van der Waals surface area contributed by atoms with E-state index >= 15 is 0 Å². The Morgan fingerprint density at radius 2 is 1.64 bits per heavy atom. The summed E-state index contributed by atoms with van der Waals surface area (Å²) in [4.78, 5) is 0. The monoisotopic (exact) mass is 468 g/mol. The van der Waals surface area contributed by atoms with Crippen molar-refractivity contribution in [3.05, 3.63) is 0 Å². The van der Waals surface area contributed by atoms with E-state index in [-0.39, 0.29) is 54.0 Å². The molecule has 0 amide bonds. The van der Waals surface area contributed by atoms with E-state index in [9.17, 15) is 30.6 Å². The lowest BCUT2D eigenvalue weighted by molar-refractivity contribution is -0.268. The van der Waals surface area contributed by atoms with Crippen LogP contribution in [-0.4, -0.2) is 67.3 Å². The third kappa shape index (κ3) is 3.82. The number of aliphatic hydroxyl groups is 6. The van der Waals surface area contributed by atoms with Crippen molar-refractivity contribution >= 4 is 0 Å². The highest BCUT2D eigenvalue weighted by molar-refractivity contribution is 5.19. The Morgan fingerprint density at radius 3 is 2.30 bits per heavy atom. The second-order valence-corrected chi connectivity index (χ2v) is 13.0. The van der Waals surface area contributed by atoms with E-state index in [2.05, 4.69) is 27.7 Å². The standard InChI is InChI=1S/C27H48O6/c1-15(14-28)6-5-7-16(2)21-23(31)24(32)22-18-12-20(30)27(33)13-17(29)8-11-26(27,4)19(18)9-10-25(21,22)3/h15-24,28-33H,5-14H2,1-4H3/t15?,16?,17-,18?,19?,20+,21-,22+,23+,24+,25+,26+,27-/m0/s1. The van der Waals surface area contributed by atoms with E-state index in [1.54, 1.807) is 0 Å². The fourth-order valence-electron chi connectivity index (χ4n) is 9.43. The largest absolute Gasteiger partial charge is 0.396 e. The number of rotatable bonds is 6. The maximum Gasteiger partial charge on any atom is 0.0985 e. The van der Waals surface area contributed by atoms with E-state index in [0.29, 0.717) is 19.3 Å². The molecule has 192 valence electrons. The van der Waals surface area contributed by atoms with E-state index in [1.165, 1.54) is 0 Å². The van der Waals surface area contributed by atoms with Crippen molar-refractivity contribution in [1.29, 1.82) is 0 Å². The van der Waals surface area contributed by atoms with Crippen molar-refractivity contribution < 1.29 is 30.6 Å². The Bertz CT molecular complexity index is 702. The maximum atomic E-state index is 11.6. The van der Waals surface area contributed by atoms with Gasteiger partial charge in [0.2, 0.25) is 0 Å². The Kier molecular flexibility index (Phi) is 7.05. The van der Waals surface area contributed by atoms with Crippen LogP contribution < -0.4 is 0 Å². The molecular formula is C27H48O6. The molecule has 0 aromatic heterocycles. The SMILES string of the molecule is CC(CO)CCCC(C)[C@H]1[C@@H](O)[C@H](O)[C@H]2C3C[C@@H](O)[C@@]4(O)C[C@@H](O)CC[C@]4(C)C3CC[C@@]21C. The minimum atomic E-state index is -1.29. The molecule has 4 rings (SSSR count). The molecule has 0 aromatic rings. The van der Waals surface area contributed by atoms with E-state index in [4.69, 9.17) is 0 Å². The highest BCUT2D eigenvalue weighted by Crippen LogP contribution is 2.69. The lowest BCUT2D eigenvalue weighted by atomic mass is 9.42. The van der Waals surface area contributed by atoms with Crippen LogP contribution in [0.3, 0.4) is 0 Å². The van der Waals surface area contributed by atoms with Crippen molar-refractivity contribution in [2.45, 2.75) is 115 Å². The maximum absolute atomic E-state index is 11.6. The molecule has 0 aromatic carbocycles. The van der Waals surface area contributed by atoms with Crippen molar-refractivity contribution in [2.24, 2.45) is 46.3 Å². The molecule has 4 saturated carbocycles. The molecular weight excluding hydrogens is 420 g/mol. The Balaban J connectivity index is 1.58. The molecule has 4 unspecified atom stereocenters. The molecule has 33 heavy (non-hydrogen) atoms. The average Bonchev–Trinajstić information content (AvgIpc) is 2.95. The van der Waals surface area contributed by atoms with Crippen molar-refractivity contribution in [1.82, 2.24) is 0 Å². The predicted molar refractivity (Wildman–Crippen MR) is 126 cm³/mol. The van der Waals surface area contributed by atoms with Crippen LogP contribution in [0.25, 0.3) is 0 Å². The van der Waals surface area contributed by atoms with Crippen molar-refractivity contribution in [3.63, 3.8) is 0 Å².